The lowest BCUT2D eigenvalue weighted by Gasteiger charge is -2.01. The normalized spacial score (nSPS) is 10.1. The molecule has 1 N–H and O–H groups in total. The number of anilines is 1. The van der Waals surface area contributed by atoms with Crippen molar-refractivity contribution in [2.24, 2.45) is 7.05 Å². The average molecular weight is 281 g/mol. The summed E-state index contributed by atoms with van der Waals surface area (Å²) in [4.78, 5) is 15.8. The van der Waals surface area contributed by atoms with Crippen LogP contribution >= 0.6 is 15.9 Å². The van der Waals surface area contributed by atoms with Crippen molar-refractivity contribution in [3.63, 3.8) is 0 Å². The number of aryl methyl sites for hydroxylation is 1. The molecule has 1 amide bonds. The molecule has 2 heterocycles. The van der Waals surface area contributed by atoms with Crippen molar-refractivity contribution >= 4 is 27.7 Å². The molecule has 0 aromatic carbocycles. The second kappa shape index (κ2) is 4.44. The molecule has 0 spiro atoms. The van der Waals surface area contributed by atoms with Crippen LogP contribution in [0.5, 0.6) is 0 Å². The molecule has 0 aliphatic carbocycles. The highest BCUT2D eigenvalue weighted by Crippen LogP contribution is 2.08. The standard InChI is InChI=1S/C10H9BrN4O/c1-15-6-5-9(14-15)13-10(16)7-3-2-4-8(11)12-7/h2-6H,1H3,(H,13,14,16). The summed E-state index contributed by atoms with van der Waals surface area (Å²) < 4.78 is 2.24. The van der Waals surface area contributed by atoms with Gasteiger partial charge in [0, 0.05) is 19.3 Å². The minimum Gasteiger partial charge on any atom is -0.304 e. The highest BCUT2D eigenvalue weighted by Gasteiger charge is 2.08. The number of hydrogen-bond donors (Lipinski definition) is 1. The molecule has 0 bridgehead atoms. The summed E-state index contributed by atoms with van der Waals surface area (Å²) in [7, 11) is 1.78. The van der Waals surface area contributed by atoms with Gasteiger partial charge in [-0.2, -0.15) is 5.10 Å². The lowest BCUT2D eigenvalue weighted by molar-refractivity contribution is 0.102. The van der Waals surface area contributed by atoms with Crippen LogP contribution in [-0.4, -0.2) is 20.7 Å². The predicted octanol–water partition coefficient (Wildman–Crippen LogP) is 1.83. The molecule has 0 aliphatic heterocycles. The largest absolute Gasteiger partial charge is 0.304 e. The number of nitrogens with zero attached hydrogens (tertiary/aromatic N) is 3. The molecule has 2 aromatic heterocycles. The fourth-order valence-corrected chi connectivity index (χ4v) is 1.54. The van der Waals surface area contributed by atoms with Gasteiger partial charge >= 0.3 is 0 Å². The van der Waals surface area contributed by atoms with Gasteiger partial charge in [0.25, 0.3) is 5.91 Å². The van der Waals surface area contributed by atoms with Crippen molar-refractivity contribution in [3.05, 3.63) is 40.8 Å². The molecule has 5 nitrogen and oxygen atoms in total. The maximum absolute atomic E-state index is 11.7. The van der Waals surface area contributed by atoms with Crippen LogP contribution in [0.2, 0.25) is 0 Å². The molecule has 2 aromatic rings. The lowest BCUT2D eigenvalue weighted by atomic mass is 10.3. The Hall–Kier alpha value is -1.69. The fourth-order valence-electron chi connectivity index (χ4n) is 1.20. The van der Waals surface area contributed by atoms with Crippen LogP contribution in [0.4, 0.5) is 5.82 Å². The van der Waals surface area contributed by atoms with E-state index in [9.17, 15) is 4.79 Å². The number of amides is 1. The third-order valence-corrected chi connectivity index (χ3v) is 2.34. The Morgan fingerprint density at radius 1 is 1.44 bits per heavy atom. The van der Waals surface area contributed by atoms with Gasteiger partial charge < -0.3 is 5.32 Å². The topological polar surface area (TPSA) is 59.8 Å². The maximum atomic E-state index is 11.7. The van der Waals surface area contributed by atoms with E-state index in [1.54, 1.807) is 42.2 Å². The van der Waals surface area contributed by atoms with E-state index in [4.69, 9.17) is 0 Å². The van der Waals surface area contributed by atoms with Crippen LogP contribution in [-0.2, 0) is 7.05 Å². The van der Waals surface area contributed by atoms with E-state index in [1.165, 1.54) is 0 Å². The van der Waals surface area contributed by atoms with Crippen LogP contribution in [0, 0.1) is 0 Å². The predicted molar refractivity (Wildman–Crippen MR) is 63.1 cm³/mol. The summed E-state index contributed by atoms with van der Waals surface area (Å²) in [5.74, 6) is 0.231. The molecule has 0 radical (unpaired) electrons. The van der Waals surface area contributed by atoms with Gasteiger partial charge in [-0.05, 0) is 28.1 Å². The summed E-state index contributed by atoms with van der Waals surface area (Å²) >= 11 is 3.21. The Labute approximate surface area is 101 Å². The maximum Gasteiger partial charge on any atom is 0.275 e. The summed E-state index contributed by atoms with van der Waals surface area (Å²) in [5, 5.41) is 6.70. The fraction of sp³-hybridized carbons (Fsp3) is 0.100. The molecule has 0 atom stereocenters. The first-order chi connectivity index (χ1) is 7.65. The number of hydrogen-bond acceptors (Lipinski definition) is 3. The Balaban J connectivity index is 2.14. The zero-order valence-electron chi connectivity index (χ0n) is 8.51. The van der Waals surface area contributed by atoms with E-state index in [0.717, 1.165) is 0 Å². The van der Waals surface area contributed by atoms with Gasteiger partial charge in [0.15, 0.2) is 5.82 Å². The Morgan fingerprint density at radius 2 is 2.25 bits per heavy atom. The van der Waals surface area contributed by atoms with Crippen molar-refractivity contribution in [1.82, 2.24) is 14.8 Å². The van der Waals surface area contributed by atoms with Crippen molar-refractivity contribution in [1.29, 1.82) is 0 Å². The number of halogens is 1. The average Bonchev–Trinajstić information content (AvgIpc) is 2.64. The monoisotopic (exact) mass is 280 g/mol. The Bertz CT molecular complexity index is 523. The first-order valence-corrected chi connectivity index (χ1v) is 5.38. The molecule has 0 saturated heterocycles. The molecule has 0 aliphatic rings. The summed E-state index contributed by atoms with van der Waals surface area (Å²) in [6, 6.07) is 6.88. The number of rotatable bonds is 2. The number of nitrogens with one attached hydrogen (secondary N) is 1. The van der Waals surface area contributed by atoms with Crippen molar-refractivity contribution in [2.45, 2.75) is 0 Å². The van der Waals surface area contributed by atoms with Gasteiger partial charge in [0.05, 0.1) is 0 Å². The Kier molecular flexibility index (Phi) is 3.00. The minimum absolute atomic E-state index is 0.278. The van der Waals surface area contributed by atoms with Gasteiger partial charge in [0.2, 0.25) is 0 Å². The highest BCUT2D eigenvalue weighted by molar-refractivity contribution is 9.10. The first kappa shape index (κ1) is 10.8. The zero-order valence-corrected chi connectivity index (χ0v) is 10.1. The van der Waals surface area contributed by atoms with E-state index < -0.39 is 0 Å². The van der Waals surface area contributed by atoms with E-state index in [2.05, 4.69) is 31.3 Å². The highest BCUT2D eigenvalue weighted by atomic mass is 79.9. The molecule has 82 valence electrons. The van der Waals surface area contributed by atoms with Gasteiger partial charge in [-0.15, -0.1) is 0 Å². The summed E-state index contributed by atoms with van der Waals surface area (Å²) in [6.45, 7) is 0. The van der Waals surface area contributed by atoms with Crippen LogP contribution in [0.25, 0.3) is 0 Å². The number of carbonyl (C=O) groups excluding carboxylic acids is 1. The van der Waals surface area contributed by atoms with E-state index >= 15 is 0 Å². The molecule has 0 saturated carbocycles. The van der Waals surface area contributed by atoms with Gasteiger partial charge in [0.1, 0.15) is 10.3 Å². The smallest absolute Gasteiger partial charge is 0.275 e. The second-order valence-electron chi connectivity index (χ2n) is 3.17. The number of aromatic nitrogens is 3. The minimum atomic E-state index is -0.278. The van der Waals surface area contributed by atoms with Crippen LogP contribution < -0.4 is 5.32 Å². The molecular formula is C10H9BrN4O. The molecule has 0 fully saturated rings. The first-order valence-electron chi connectivity index (χ1n) is 4.59. The zero-order chi connectivity index (χ0) is 11.5. The number of carbonyl (C=O) groups is 1. The second-order valence-corrected chi connectivity index (χ2v) is 3.99. The quantitative estimate of drug-likeness (QED) is 0.854. The van der Waals surface area contributed by atoms with Crippen LogP contribution in [0.15, 0.2) is 35.1 Å². The van der Waals surface area contributed by atoms with Gasteiger partial charge in [-0.1, -0.05) is 6.07 Å². The van der Waals surface area contributed by atoms with Crippen molar-refractivity contribution in [3.8, 4) is 0 Å². The molecular weight excluding hydrogens is 272 g/mol. The van der Waals surface area contributed by atoms with E-state index in [-0.39, 0.29) is 5.91 Å². The third-order valence-electron chi connectivity index (χ3n) is 1.90. The van der Waals surface area contributed by atoms with Gasteiger partial charge in [-0.3, -0.25) is 9.48 Å². The van der Waals surface area contributed by atoms with Crippen molar-refractivity contribution in [2.75, 3.05) is 5.32 Å². The third kappa shape index (κ3) is 2.46. The van der Waals surface area contributed by atoms with E-state index in [1.807, 2.05) is 0 Å². The molecule has 6 heteroatoms. The summed E-state index contributed by atoms with van der Waals surface area (Å²) in [6.07, 6.45) is 1.75. The Morgan fingerprint density at radius 3 is 2.88 bits per heavy atom. The lowest BCUT2D eigenvalue weighted by Crippen LogP contribution is -2.14. The SMILES string of the molecule is Cn1ccc(NC(=O)c2cccc(Br)n2)n1. The van der Waals surface area contributed by atoms with Crippen molar-refractivity contribution < 1.29 is 4.79 Å². The summed E-state index contributed by atoms with van der Waals surface area (Å²) in [5.41, 5.74) is 0.347. The molecule has 16 heavy (non-hydrogen) atoms. The number of pyridine rings is 1. The molecule has 2 rings (SSSR count). The molecule has 0 unspecified atom stereocenters. The van der Waals surface area contributed by atoms with Crippen LogP contribution in [0.1, 0.15) is 10.5 Å². The van der Waals surface area contributed by atoms with Gasteiger partial charge in [-0.25, -0.2) is 4.98 Å². The van der Waals surface area contributed by atoms with E-state index in [0.29, 0.717) is 16.1 Å². The van der Waals surface area contributed by atoms with Crippen LogP contribution in [0.3, 0.4) is 0 Å².